The van der Waals surface area contributed by atoms with Crippen LogP contribution in [0.15, 0.2) is 12.7 Å². The number of unbranched alkanes of at least 4 members (excludes halogenated alkanes) is 21. The average Bonchev–Trinajstić information content (AvgIpc) is 3.10. The first kappa shape index (κ1) is 48.4. The standard InChI is InChI=1S/C39H72O12S/c1-3-5-7-9-11-13-14-15-16-17-18-20-21-23-25-27-34(40)48-29-32(50-35(41)28-26-24-22-19-12-10-8-6-4-2)30-49-39-38(44)37(43)36(42)33(51-39)31-52(45,46)47/h3,32-33,36-39,42-44H,1,4-31H2,2H3,(H,45,46,47)/t32-,33-,36-,37?,38?,39+/m1/s1. The van der Waals surface area contributed by atoms with Crippen LogP contribution in [0.2, 0.25) is 0 Å². The maximum Gasteiger partial charge on any atom is 0.306 e. The van der Waals surface area contributed by atoms with Gasteiger partial charge in [-0.2, -0.15) is 8.42 Å². The highest BCUT2D eigenvalue weighted by Gasteiger charge is 2.46. The van der Waals surface area contributed by atoms with Gasteiger partial charge in [-0.15, -0.1) is 6.58 Å². The second-order valence-corrected chi connectivity index (χ2v) is 15.9. The van der Waals surface area contributed by atoms with Crippen LogP contribution < -0.4 is 0 Å². The van der Waals surface area contributed by atoms with Gasteiger partial charge >= 0.3 is 11.9 Å². The number of esters is 2. The maximum absolute atomic E-state index is 12.7. The Hall–Kier alpha value is -1.61. The number of carbonyl (C=O) groups is 2. The van der Waals surface area contributed by atoms with E-state index in [1.54, 1.807) is 0 Å². The van der Waals surface area contributed by atoms with Gasteiger partial charge in [-0.3, -0.25) is 14.1 Å². The smallest absolute Gasteiger partial charge is 0.306 e. The Bertz CT molecular complexity index is 1020. The minimum absolute atomic E-state index is 0.167. The number of aliphatic hydroxyl groups excluding tert-OH is 3. The lowest BCUT2D eigenvalue weighted by molar-refractivity contribution is -0.297. The summed E-state index contributed by atoms with van der Waals surface area (Å²) < 4.78 is 53.8. The molecule has 0 radical (unpaired) electrons. The van der Waals surface area contributed by atoms with E-state index < -0.39 is 71.2 Å². The van der Waals surface area contributed by atoms with E-state index in [1.165, 1.54) is 89.9 Å². The fourth-order valence-electron chi connectivity index (χ4n) is 6.30. The SMILES string of the molecule is C=CCCCCCCCCCCCCCCCC(=O)OC[C@H](CO[C@H]1O[C@H](CS(=O)(=O)O)[C@@H](O)C(O)C1O)OC(=O)CCCCCCCCCCC. The van der Waals surface area contributed by atoms with Gasteiger partial charge in [0.2, 0.25) is 0 Å². The summed E-state index contributed by atoms with van der Waals surface area (Å²) in [5.74, 6) is -1.98. The number of allylic oxidation sites excluding steroid dienone is 1. The van der Waals surface area contributed by atoms with Crippen LogP contribution in [0.5, 0.6) is 0 Å². The van der Waals surface area contributed by atoms with Gasteiger partial charge in [0.1, 0.15) is 36.8 Å². The highest BCUT2D eigenvalue weighted by Crippen LogP contribution is 2.24. The average molecular weight is 765 g/mol. The number of ether oxygens (including phenoxy) is 4. The molecule has 2 unspecified atom stereocenters. The molecule has 1 aliphatic rings. The molecule has 6 atom stereocenters. The Balaban J connectivity index is 2.46. The number of carbonyl (C=O) groups excluding carboxylic acids is 2. The molecule has 1 saturated heterocycles. The molecule has 13 heteroatoms. The Kier molecular flexibility index (Phi) is 28.6. The van der Waals surface area contributed by atoms with Gasteiger partial charge in [-0.1, -0.05) is 135 Å². The molecule has 0 aromatic carbocycles. The predicted molar refractivity (Wildman–Crippen MR) is 201 cm³/mol. The highest BCUT2D eigenvalue weighted by molar-refractivity contribution is 7.85. The summed E-state index contributed by atoms with van der Waals surface area (Å²) in [5.41, 5.74) is 0. The van der Waals surface area contributed by atoms with Crippen molar-refractivity contribution in [1.29, 1.82) is 0 Å². The van der Waals surface area contributed by atoms with Gasteiger partial charge in [0.25, 0.3) is 10.1 Å². The van der Waals surface area contributed by atoms with E-state index in [0.29, 0.717) is 12.8 Å². The van der Waals surface area contributed by atoms with E-state index in [2.05, 4.69) is 13.5 Å². The topological polar surface area (TPSA) is 186 Å². The van der Waals surface area contributed by atoms with Gasteiger partial charge in [0.15, 0.2) is 12.4 Å². The molecule has 0 saturated carbocycles. The van der Waals surface area contributed by atoms with E-state index in [1.807, 2.05) is 6.08 Å². The summed E-state index contributed by atoms with van der Waals surface area (Å²) in [7, 11) is -4.59. The Morgan fingerprint density at radius 2 is 1.13 bits per heavy atom. The molecule has 0 amide bonds. The van der Waals surface area contributed by atoms with E-state index in [9.17, 15) is 37.9 Å². The zero-order valence-electron chi connectivity index (χ0n) is 32.0. The molecule has 0 aromatic heterocycles. The monoisotopic (exact) mass is 764 g/mol. The minimum atomic E-state index is -4.59. The van der Waals surface area contributed by atoms with Crippen molar-refractivity contribution in [3.63, 3.8) is 0 Å². The lowest BCUT2D eigenvalue weighted by Crippen LogP contribution is -2.60. The molecular formula is C39H72O12S. The van der Waals surface area contributed by atoms with Gasteiger partial charge in [0, 0.05) is 12.8 Å². The zero-order valence-corrected chi connectivity index (χ0v) is 32.8. The molecular weight excluding hydrogens is 692 g/mol. The molecule has 4 N–H and O–H groups in total. The Morgan fingerprint density at radius 3 is 1.62 bits per heavy atom. The van der Waals surface area contributed by atoms with E-state index in [0.717, 1.165) is 44.9 Å². The summed E-state index contributed by atoms with van der Waals surface area (Å²) in [6.07, 6.45) is 18.9. The minimum Gasteiger partial charge on any atom is -0.462 e. The summed E-state index contributed by atoms with van der Waals surface area (Å²) in [5, 5.41) is 30.7. The second kappa shape index (κ2) is 30.7. The third-order valence-electron chi connectivity index (χ3n) is 9.49. The lowest BCUT2D eigenvalue weighted by atomic mass is 10.00. The Labute approximate surface area is 314 Å². The van der Waals surface area contributed by atoms with Crippen molar-refractivity contribution in [1.82, 2.24) is 0 Å². The molecule has 0 aliphatic carbocycles. The first-order valence-corrected chi connectivity index (χ1v) is 21.8. The van der Waals surface area contributed by atoms with Crippen LogP contribution in [0.3, 0.4) is 0 Å². The first-order valence-electron chi connectivity index (χ1n) is 20.2. The summed E-state index contributed by atoms with van der Waals surface area (Å²) in [4.78, 5) is 25.2. The molecule has 0 spiro atoms. The number of hydrogen-bond acceptors (Lipinski definition) is 11. The van der Waals surface area contributed by atoms with Gasteiger partial charge in [-0.25, -0.2) is 0 Å². The highest BCUT2D eigenvalue weighted by atomic mass is 32.2. The number of hydrogen-bond donors (Lipinski definition) is 4. The fraction of sp³-hybridized carbons (Fsp3) is 0.897. The van der Waals surface area contributed by atoms with Crippen LogP contribution in [0, 0.1) is 0 Å². The quantitative estimate of drug-likeness (QED) is 0.0226. The van der Waals surface area contributed by atoms with E-state index in [-0.39, 0.29) is 19.4 Å². The van der Waals surface area contributed by atoms with Gasteiger partial charge < -0.3 is 34.3 Å². The van der Waals surface area contributed by atoms with Crippen molar-refractivity contribution in [2.24, 2.45) is 0 Å². The molecule has 1 aliphatic heterocycles. The third-order valence-corrected chi connectivity index (χ3v) is 10.2. The number of aliphatic hydroxyl groups is 3. The van der Waals surface area contributed by atoms with Crippen molar-refractivity contribution < 1.29 is 56.8 Å². The normalized spacial score (nSPS) is 21.1. The largest absolute Gasteiger partial charge is 0.462 e. The molecule has 1 rings (SSSR count). The number of rotatable bonds is 34. The summed E-state index contributed by atoms with van der Waals surface area (Å²) in [6, 6.07) is 0. The molecule has 12 nitrogen and oxygen atoms in total. The summed E-state index contributed by atoms with van der Waals surface area (Å²) in [6.45, 7) is 5.24. The predicted octanol–water partition coefficient (Wildman–Crippen LogP) is 7.11. The van der Waals surface area contributed by atoms with Crippen molar-refractivity contribution >= 4 is 22.1 Å². The van der Waals surface area contributed by atoms with E-state index in [4.69, 9.17) is 18.9 Å². The van der Waals surface area contributed by atoms with Crippen LogP contribution in [-0.4, -0.2) is 96.0 Å². The van der Waals surface area contributed by atoms with Crippen LogP contribution >= 0.6 is 0 Å². The van der Waals surface area contributed by atoms with Gasteiger partial charge in [0.05, 0.1) is 6.61 Å². The van der Waals surface area contributed by atoms with E-state index >= 15 is 0 Å². The second-order valence-electron chi connectivity index (χ2n) is 14.4. The maximum atomic E-state index is 12.7. The van der Waals surface area contributed by atoms with Gasteiger partial charge in [-0.05, 0) is 25.7 Å². The van der Waals surface area contributed by atoms with Crippen molar-refractivity contribution in [2.45, 2.75) is 204 Å². The molecule has 306 valence electrons. The van der Waals surface area contributed by atoms with Crippen LogP contribution in [0.25, 0.3) is 0 Å². The fourth-order valence-corrected chi connectivity index (χ4v) is 6.99. The molecule has 52 heavy (non-hydrogen) atoms. The van der Waals surface area contributed by atoms with Crippen LogP contribution in [-0.2, 0) is 38.7 Å². The van der Waals surface area contributed by atoms with Crippen LogP contribution in [0.4, 0.5) is 0 Å². The first-order chi connectivity index (χ1) is 25.0. The molecule has 1 fully saturated rings. The van der Waals surface area contributed by atoms with Crippen molar-refractivity contribution in [2.75, 3.05) is 19.0 Å². The van der Waals surface area contributed by atoms with Crippen LogP contribution in [0.1, 0.15) is 167 Å². The molecule has 0 aromatic rings. The Morgan fingerprint density at radius 1 is 0.673 bits per heavy atom. The lowest BCUT2D eigenvalue weighted by Gasteiger charge is -2.40. The molecule has 1 heterocycles. The van der Waals surface area contributed by atoms with Crippen molar-refractivity contribution in [3.8, 4) is 0 Å². The zero-order chi connectivity index (χ0) is 38.5. The summed E-state index contributed by atoms with van der Waals surface area (Å²) >= 11 is 0. The third kappa shape index (κ3) is 25.4. The molecule has 0 bridgehead atoms. The van der Waals surface area contributed by atoms with Crippen molar-refractivity contribution in [3.05, 3.63) is 12.7 Å².